The third-order valence-electron chi connectivity index (χ3n) is 7.42. The van der Waals surface area contributed by atoms with Crippen molar-refractivity contribution in [3.63, 3.8) is 0 Å². The van der Waals surface area contributed by atoms with Gasteiger partial charge >= 0.3 is 0 Å². The van der Waals surface area contributed by atoms with E-state index in [0.717, 1.165) is 73.4 Å². The average molecular weight is 458 g/mol. The number of allylic oxidation sites excluding steroid dienone is 1. The van der Waals surface area contributed by atoms with Crippen LogP contribution in [0.25, 0.3) is 16.5 Å². The lowest BCUT2D eigenvalue weighted by molar-refractivity contribution is -0.127. The number of aryl methyl sites for hydroxylation is 2. The first kappa shape index (κ1) is 22.8. The van der Waals surface area contributed by atoms with Crippen LogP contribution in [-0.2, 0) is 24.1 Å². The van der Waals surface area contributed by atoms with Gasteiger partial charge in [0.1, 0.15) is 17.1 Å². The number of furan rings is 1. The molecular weight excluding hydrogens is 422 g/mol. The van der Waals surface area contributed by atoms with E-state index in [2.05, 4.69) is 36.4 Å². The molecular formula is C30H35NO3. The number of amides is 1. The SMILES string of the molecule is CCOc1cc2oc3c(c2cc1/C(C)=C/C(=O)N1CCC(Cc2ccccc2)CC1)CCCC3. The summed E-state index contributed by atoms with van der Waals surface area (Å²) in [6.07, 6.45) is 9.49. The molecule has 2 aromatic carbocycles. The molecule has 0 radical (unpaired) electrons. The van der Waals surface area contributed by atoms with E-state index in [4.69, 9.17) is 9.15 Å². The van der Waals surface area contributed by atoms with E-state index in [0.29, 0.717) is 12.5 Å². The molecule has 5 rings (SSSR count). The van der Waals surface area contributed by atoms with Gasteiger partial charge in [0.05, 0.1) is 6.61 Å². The molecule has 2 aliphatic rings. The molecule has 1 aliphatic carbocycles. The predicted molar refractivity (Wildman–Crippen MR) is 137 cm³/mol. The smallest absolute Gasteiger partial charge is 0.246 e. The Hall–Kier alpha value is -3.01. The maximum Gasteiger partial charge on any atom is 0.246 e. The van der Waals surface area contributed by atoms with E-state index >= 15 is 0 Å². The van der Waals surface area contributed by atoms with Crippen molar-refractivity contribution in [3.05, 3.63) is 71.0 Å². The summed E-state index contributed by atoms with van der Waals surface area (Å²) in [4.78, 5) is 15.2. The van der Waals surface area contributed by atoms with Crippen molar-refractivity contribution in [2.24, 2.45) is 5.92 Å². The van der Waals surface area contributed by atoms with Gasteiger partial charge in [-0.1, -0.05) is 30.3 Å². The summed E-state index contributed by atoms with van der Waals surface area (Å²) >= 11 is 0. The maximum atomic E-state index is 13.2. The first-order valence-electron chi connectivity index (χ1n) is 12.8. The molecule has 0 spiro atoms. The van der Waals surface area contributed by atoms with Gasteiger partial charge in [0, 0.05) is 48.2 Å². The van der Waals surface area contributed by atoms with Crippen LogP contribution in [-0.4, -0.2) is 30.5 Å². The fraction of sp³-hybridized carbons (Fsp3) is 0.433. The molecule has 1 amide bonds. The van der Waals surface area contributed by atoms with Gasteiger partial charge in [-0.2, -0.15) is 0 Å². The zero-order chi connectivity index (χ0) is 23.5. The molecule has 4 nitrogen and oxygen atoms in total. The minimum atomic E-state index is 0.104. The molecule has 0 unspecified atom stereocenters. The predicted octanol–water partition coefficient (Wildman–Crippen LogP) is 6.59. The quantitative estimate of drug-likeness (QED) is 0.392. The number of carbonyl (C=O) groups is 1. The summed E-state index contributed by atoms with van der Waals surface area (Å²) in [5.41, 5.74) is 5.58. The maximum absolute atomic E-state index is 13.2. The van der Waals surface area contributed by atoms with E-state index in [-0.39, 0.29) is 5.91 Å². The highest BCUT2D eigenvalue weighted by molar-refractivity contribution is 5.97. The number of hydrogen-bond acceptors (Lipinski definition) is 3. The second-order valence-corrected chi connectivity index (χ2v) is 9.77. The largest absolute Gasteiger partial charge is 0.493 e. The van der Waals surface area contributed by atoms with Crippen molar-refractivity contribution in [1.29, 1.82) is 0 Å². The van der Waals surface area contributed by atoms with Gasteiger partial charge in [0.25, 0.3) is 0 Å². The number of benzene rings is 2. The summed E-state index contributed by atoms with van der Waals surface area (Å²) in [6, 6.07) is 14.9. The lowest BCUT2D eigenvalue weighted by atomic mass is 9.90. The Kier molecular flexibility index (Phi) is 6.75. The van der Waals surface area contributed by atoms with E-state index in [9.17, 15) is 4.79 Å². The van der Waals surface area contributed by atoms with Gasteiger partial charge in [-0.25, -0.2) is 0 Å². The van der Waals surface area contributed by atoms with Gasteiger partial charge in [0.15, 0.2) is 0 Å². The molecule has 2 heterocycles. The van der Waals surface area contributed by atoms with Crippen molar-refractivity contribution < 1.29 is 13.9 Å². The van der Waals surface area contributed by atoms with E-state index in [1.165, 1.54) is 29.4 Å². The fourth-order valence-corrected chi connectivity index (χ4v) is 5.53. The molecule has 1 fully saturated rings. The monoisotopic (exact) mass is 457 g/mol. The molecule has 4 heteroatoms. The number of likely N-dealkylation sites (tertiary alicyclic amines) is 1. The summed E-state index contributed by atoms with van der Waals surface area (Å²) < 4.78 is 12.1. The topological polar surface area (TPSA) is 42.7 Å². The van der Waals surface area contributed by atoms with Crippen LogP contribution in [0.4, 0.5) is 0 Å². The molecule has 34 heavy (non-hydrogen) atoms. The Bertz CT molecular complexity index is 1180. The van der Waals surface area contributed by atoms with Gasteiger partial charge in [0.2, 0.25) is 5.91 Å². The molecule has 0 atom stereocenters. The molecule has 1 saturated heterocycles. The highest BCUT2D eigenvalue weighted by atomic mass is 16.5. The molecule has 3 aromatic rings. The zero-order valence-corrected chi connectivity index (χ0v) is 20.4. The highest BCUT2D eigenvalue weighted by Crippen LogP contribution is 2.38. The van der Waals surface area contributed by atoms with Crippen LogP contribution in [0.3, 0.4) is 0 Å². The number of nitrogens with zero attached hydrogens (tertiary/aromatic N) is 1. The standard InChI is InChI=1S/C30H35NO3/c1-3-33-28-20-29-26(24-11-7-8-12-27(24)34-29)19-25(28)21(2)17-30(32)31-15-13-23(14-16-31)18-22-9-5-4-6-10-22/h4-6,9-10,17,19-20,23H,3,7-8,11-16,18H2,1-2H3/b21-17+. The summed E-state index contributed by atoms with van der Waals surface area (Å²) in [5, 5.41) is 1.18. The van der Waals surface area contributed by atoms with Crippen molar-refractivity contribution in [2.45, 2.75) is 58.8 Å². The van der Waals surface area contributed by atoms with Crippen LogP contribution in [0.15, 0.2) is 53.0 Å². The highest BCUT2D eigenvalue weighted by Gasteiger charge is 2.23. The second kappa shape index (κ2) is 10.1. The van der Waals surface area contributed by atoms with Crippen molar-refractivity contribution in [1.82, 2.24) is 4.90 Å². The summed E-state index contributed by atoms with van der Waals surface area (Å²) in [7, 11) is 0. The van der Waals surface area contributed by atoms with E-state index in [1.807, 2.05) is 24.8 Å². The van der Waals surface area contributed by atoms with Gasteiger partial charge in [-0.3, -0.25) is 4.79 Å². The Morgan fingerprint density at radius 3 is 2.65 bits per heavy atom. The molecule has 1 aromatic heterocycles. The number of piperidine rings is 1. The minimum absolute atomic E-state index is 0.104. The normalized spacial score (nSPS) is 17.1. The number of ether oxygens (including phenoxy) is 1. The molecule has 0 saturated carbocycles. The average Bonchev–Trinajstić information content (AvgIpc) is 3.22. The van der Waals surface area contributed by atoms with Crippen LogP contribution in [0.5, 0.6) is 5.75 Å². The summed E-state index contributed by atoms with van der Waals surface area (Å²) in [5.74, 6) is 2.67. The van der Waals surface area contributed by atoms with Crippen molar-refractivity contribution >= 4 is 22.4 Å². The molecule has 178 valence electrons. The van der Waals surface area contributed by atoms with Crippen LogP contribution in [0.2, 0.25) is 0 Å². The third kappa shape index (κ3) is 4.77. The van der Waals surface area contributed by atoms with Crippen LogP contribution in [0.1, 0.15) is 62.0 Å². The Balaban J connectivity index is 1.32. The van der Waals surface area contributed by atoms with Gasteiger partial charge in [-0.15, -0.1) is 0 Å². The lowest BCUT2D eigenvalue weighted by Gasteiger charge is -2.31. The van der Waals surface area contributed by atoms with Crippen LogP contribution in [0, 0.1) is 5.92 Å². The first-order chi connectivity index (χ1) is 16.6. The zero-order valence-electron chi connectivity index (χ0n) is 20.4. The van der Waals surface area contributed by atoms with Crippen molar-refractivity contribution in [3.8, 4) is 5.75 Å². The Labute approximate surface area is 202 Å². The Morgan fingerprint density at radius 2 is 1.88 bits per heavy atom. The van der Waals surface area contributed by atoms with Gasteiger partial charge in [-0.05, 0) is 75.5 Å². The van der Waals surface area contributed by atoms with Gasteiger partial charge < -0.3 is 14.1 Å². The number of carbonyl (C=O) groups excluding carboxylic acids is 1. The third-order valence-corrected chi connectivity index (χ3v) is 7.42. The number of rotatable bonds is 6. The van der Waals surface area contributed by atoms with E-state index < -0.39 is 0 Å². The molecule has 0 N–H and O–H groups in total. The second-order valence-electron chi connectivity index (χ2n) is 9.77. The van der Waals surface area contributed by atoms with Crippen LogP contribution < -0.4 is 4.74 Å². The van der Waals surface area contributed by atoms with Crippen LogP contribution >= 0.6 is 0 Å². The molecule has 0 bridgehead atoms. The minimum Gasteiger partial charge on any atom is -0.493 e. The van der Waals surface area contributed by atoms with E-state index in [1.54, 1.807) is 6.08 Å². The Morgan fingerprint density at radius 1 is 1.12 bits per heavy atom. The summed E-state index contributed by atoms with van der Waals surface area (Å²) in [6.45, 7) is 6.25. The lowest BCUT2D eigenvalue weighted by Crippen LogP contribution is -2.38. The first-order valence-corrected chi connectivity index (χ1v) is 12.8. The fourth-order valence-electron chi connectivity index (χ4n) is 5.53. The van der Waals surface area contributed by atoms with Crippen molar-refractivity contribution in [2.75, 3.05) is 19.7 Å². The number of fused-ring (bicyclic) bond motifs is 3. The number of hydrogen-bond donors (Lipinski definition) is 0. The molecule has 1 aliphatic heterocycles.